The molecule has 0 saturated heterocycles. The highest BCUT2D eigenvalue weighted by Crippen LogP contribution is 2.42. The number of carbonyl (C=O) groups is 1. The Morgan fingerprint density at radius 3 is 2.50 bits per heavy atom. The third-order valence-electron chi connectivity index (χ3n) is 3.07. The van der Waals surface area contributed by atoms with Gasteiger partial charge in [-0.3, -0.25) is 0 Å². The number of rotatable bonds is 1. The lowest BCUT2D eigenvalue weighted by Gasteiger charge is -2.16. The van der Waals surface area contributed by atoms with Gasteiger partial charge in [-0.1, -0.05) is 23.2 Å². The van der Waals surface area contributed by atoms with Gasteiger partial charge in [0.1, 0.15) is 4.88 Å². The number of halogens is 2. The molecule has 0 radical (unpaired) electrons. The van der Waals surface area contributed by atoms with Crippen molar-refractivity contribution >= 4 is 40.5 Å². The number of benzene rings is 1. The summed E-state index contributed by atoms with van der Waals surface area (Å²) in [6.07, 6.45) is 1.72. The maximum absolute atomic E-state index is 11.0. The highest BCUT2D eigenvalue weighted by molar-refractivity contribution is 7.17. The predicted molar refractivity (Wildman–Crippen MR) is 74.1 cm³/mol. The molecule has 1 aromatic heterocycles. The van der Waals surface area contributed by atoms with Crippen LogP contribution in [0, 0.1) is 0 Å². The molecule has 3 rings (SSSR count). The molecular formula is C13H8Cl2O2S. The lowest BCUT2D eigenvalue weighted by Crippen LogP contribution is -2.01. The zero-order valence-electron chi connectivity index (χ0n) is 9.17. The summed E-state index contributed by atoms with van der Waals surface area (Å²) in [5, 5.41) is 10.1. The lowest BCUT2D eigenvalue weighted by atomic mass is 9.91. The van der Waals surface area contributed by atoms with Crippen molar-refractivity contribution in [1.82, 2.24) is 0 Å². The Hall–Kier alpha value is -1.03. The third kappa shape index (κ3) is 1.83. The van der Waals surface area contributed by atoms with E-state index < -0.39 is 5.97 Å². The van der Waals surface area contributed by atoms with Crippen LogP contribution in [0.25, 0.3) is 10.4 Å². The zero-order valence-corrected chi connectivity index (χ0v) is 11.5. The molecule has 0 fully saturated rings. The van der Waals surface area contributed by atoms with E-state index in [9.17, 15) is 4.79 Å². The first-order valence-corrected chi connectivity index (χ1v) is 6.98. The van der Waals surface area contributed by atoms with Gasteiger partial charge < -0.3 is 5.11 Å². The van der Waals surface area contributed by atoms with Crippen molar-refractivity contribution in [3.8, 4) is 10.4 Å². The van der Waals surface area contributed by atoms with Gasteiger partial charge in [0.15, 0.2) is 0 Å². The molecule has 1 heterocycles. The molecule has 2 aromatic rings. The molecule has 18 heavy (non-hydrogen) atoms. The van der Waals surface area contributed by atoms with Crippen molar-refractivity contribution in [1.29, 1.82) is 0 Å². The molecule has 0 aliphatic heterocycles. The molecule has 1 aliphatic rings. The van der Waals surface area contributed by atoms with Crippen LogP contribution in [0.3, 0.4) is 0 Å². The van der Waals surface area contributed by atoms with Crippen LogP contribution in [-0.4, -0.2) is 11.1 Å². The van der Waals surface area contributed by atoms with Crippen LogP contribution in [0.1, 0.15) is 20.8 Å². The lowest BCUT2D eigenvalue weighted by molar-refractivity contribution is 0.0702. The Balaban J connectivity index is 2.21. The van der Waals surface area contributed by atoms with Crippen LogP contribution in [-0.2, 0) is 12.8 Å². The average Bonchev–Trinajstić information content (AvgIpc) is 2.75. The second-order valence-corrected chi connectivity index (χ2v) is 6.06. The van der Waals surface area contributed by atoms with E-state index in [1.807, 2.05) is 12.1 Å². The first-order valence-electron chi connectivity index (χ1n) is 5.40. The van der Waals surface area contributed by atoms with E-state index in [4.69, 9.17) is 28.3 Å². The van der Waals surface area contributed by atoms with E-state index in [0.717, 1.165) is 34.4 Å². The van der Waals surface area contributed by atoms with E-state index in [2.05, 4.69) is 0 Å². The highest BCUT2D eigenvalue weighted by atomic mass is 35.5. The third-order valence-corrected chi connectivity index (χ3v) is 4.99. The van der Waals surface area contributed by atoms with E-state index in [0.29, 0.717) is 14.9 Å². The normalized spacial score (nSPS) is 13.0. The summed E-state index contributed by atoms with van der Waals surface area (Å²) in [6.45, 7) is 0. The zero-order chi connectivity index (χ0) is 12.9. The summed E-state index contributed by atoms with van der Waals surface area (Å²) in [5.74, 6) is -0.879. The number of carboxylic acids is 1. The molecule has 0 spiro atoms. The summed E-state index contributed by atoms with van der Waals surface area (Å²) >= 11 is 13.3. The largest absolute Gasteiger partial charge is 0.477 e. The fourth-order valence-corrected chi connectivity index (χ4v) is 3.67. The Kier molecular flexibility index (Phi) is 2.85. The summed E-state index contributed by atoms with van der Waals surface area (Å²) < 4.78 is 0. The summed E-state index contributed by atoms with van der Waals surface area (Å²) in [5.41, 5.74) is 3.24. The topological polar surface area (TPSA) is 37.3 Å². The smallest absolute Gasteiger partial charge is 0.345 e. The van der Waals surface area contributed by atoms with Gasteiger partial charge in [0.25, 0.3) is 0 Å². The Morgan fingerprint density at radius 1 is 1.11 bits per heavy atom. The second-order valence-electron chi connectivity index (χ2n) is 4.19. The number of fused-ring (bicyclic) bond motifs is 3. The first-order chi connectivity index (χ1) is 8.56. The van der Waals surface area contributed by atoms with Crippen molar-refractivity contribution in [3.05, 3.63) is 44.2 Å². The van der Waals surface area contributed by atoms with Crippen LogP contribution in [0.4, 0.5) is 0 Å². The fourth-order valence-electron chi connectivity index (χ4n) is 2.22. The maximum atomic E-state index is 11.0. The molecule has 1 N–H and O–H groups in total. The summed E-state index contributed by atoms with van der Waals surface area (Å²) in [4.78, 5) is 12.4. The SMILES string of the molecule is O=C(O)c1cc2c(s1)-c1cc(Cl)c(Cl)cc1CC2. The van der Waals surface area contributed by atoms with E-state index >= 15 is 0 Å². The number of thiophene rings is 1. The average molecular weight is 299 g/mol. The quantitative estimate of drug-likeness (QED) is 0.840. The molecule has 5 heteroatoms. The second kappa shape index (κ2) is 4.26. The maximum Gasteiger partial charge on any atom is 0.345 e. The molecule has 2 nitrogen and oxygen atoms in total. The Bertz CT molecular complexity index is 661. The number of aromatic carboxylic acids is 1. The molecule has 1 aliphatic carbocycles. The van der Waals surface area contributed by atoms with Crippen LogP contribution in [0.2, 0.25) is 10.0 Å². The minimum absolute atomic E-state index is 0.374. The first kappa shape index (κ1) is 12.0. The van der Waals surface area contributed by atoms with E-state index in [1.165, 1.54) is 11.3 Å². The number of hydrogen-bond acceptors (Lipinski definition) is 2. The number of hydrogen-bond donors (Lipinski definition) is 1. The van der Waals surface area contributed by atoms with Gasteiger partial charge in [-0.05, 0) is 47.7 Å². The van der Waals surface area contributed by atoms with Gasteiger partial charge in [-0.15, -0.1) is 11.3 Å². The predicted octanol–water partition coefficient (Wildman–Crippen LogP) is 4.52. The molecule has 0 bridgehead atoms. The fraction of sp³-hybridized carbons (Fsp3) is 0.154. The van der Waals surface area contributed by atoms with Crippen molar-refractivity contribution < 1.29 is 9.90 Å². The molecule has 0 unspecified atom stereocenters. The van der Waals surface area contributed by atoms with Crippen LogP contribution in [0.15, 0.2) is 18.2 Å². The van der Waals surface area contributed by atoms with Gasteiger partial charge >= 0.3 is 5.97 Å². The van der Waals surface area contributed by atoms with Gasteiger partial charge in [-0.2, -0.15) is 0 Å². The van der Waals surface area contributed by atoms with Crippen LogP contribution < -0.4 is 0 Å². The molecule has 92 valence electrons. The van der Waals surface area contributed by atoms with Gasteiger partial charge in [0.05, 0.1) is 10.0 Å². The van der Waals surface area contributed by atoms with Crippen LogP contribution >= 0.6 is 34.5 Å². The monoisotopic (exact) mass is 298 g/mol. The van der Waals surface area contributed by atoms with E-state index in [1.54, 1.807) is 6.07 Å². The van der Waals surface area contributed by atoms with Crippen molar-refractivity contribution in [2.45, 2.75) is 12.8 Å². The molecular weight excluding hydrogens is 291 g/mol. The Labute approximate surface area is 118 Å². The summed E-state index contributed by atoms with van der Waals surface area (Å²) in [6, 6.07) is 5.47. The Morgan fingerprint density at radius 2 is 1.78 bits per heavy atom. The van der Waals surface area contributed by atoms with Gasteiger partial charge in [0, 0.05) is 4.88 Å². The molecule has 0 saturated carbocycles. The van der Waals surface area contributed by atoms with Crippen molar-refractivity contribution in [3.63, 3.8) is 0 Å². The van der Waals surface area contributed by atoms with Crippen molar-refractivity contribution in [2.24, 2.45) is 0 Å². The number of carboxylic acid groups (broad SMARTS) is 1. The standard InChI is InChI=1S/C13H8Cl2O2S/c14-9-3-6-1-2-7-4-11(13(16)17)18-12(7)8(6)5-10(9)15/h3-5H,1-2H2,(H,16,17). The molecule has 0 amide bonds. The van der Waals surface area contributed by atoms with Crippen molar-refractivity contribution in [2.75, 3.05) is 0 Å². The van der Waals surface area contributed by atoms with Gasteiger partial charge in [-0.25, -0.2) is 4.79 Å². The molecule has 0 atom stereocenters. The van der Waals surface area contributed by atoms with E-state index in [-0.39, 0.29) is 0 Å². The molecule has 1 aromatic carbocycles. The highest BCUT2D eigenvalue weighted by Gasteiger charge is 2.22. The summed E-state index contributed by atoms with van der Waals surface area (Å²) in [7, 11) is 0. The van der Waals surface area contributed by atoms with Gasteiger partial charge in [0.2, 0.25) is 0 Å². The minimum atomic E-state index is -0.879. The minimum Gasteiger partial charge on any atom is -0.477 e. The number of aryl methyl sites for hydroxylation is 2. The van der Waals surface area contributed by atoms with Crippen LogP contribution in [0.5, 0.6) is 0 Å².